The van der Waals surface area contributed by atoms with E-state index in [1.54, 1.807) is 11.8 Å². The summed E-state index contributed by atoms with van der Waals surface area (Å²) in [6.45, 7) is 0.535. The Hall–Kier alpha value is -1.04. The van der Waals surface area contributed by atoms with E-state index in [-0.39, 0.29) is 5.25 Å². The van der Waals surface area contributed by atoms with Crippen LogP contribution in [0.2, 0.25) is 5.02 Å². The molecule has 16 heavy (non-hydrogen) atoms. The van der Waals surface area contributed by atoms with Crippen molar-refractivity contribution in [1.29, 1.82) is 0 Å². The number of rotatable bonds is 4. The molecule has 0 spiro atoms. The van der Waals surface area contributed by atoms with Crippen molar-refractivity contribution >= 4 is 23.4 Å². The Morgan fingerprint density at radius 2 is 2.12 bits per heavy atom. The van der Waals surface area contributed by atoms with E-state index >= 15 is 0 Å². The largest absolute Gasteiger partial charge is 0.329 e. The molecule has 1 aromatic heterocycles. The normalized spacial score (nSPS) is 12.6. The van der Waals surface area contributed by atoms with Crippen molar-refractivity contribution < 1.29 is 0 Å². The second-order valence-corrected chi connectivity index (χ2v) is 4.81. The highest BCUT2D eigenvalue weighted by atomic mass is 35.5. The van der Waals surface area contributed by atoms with Crippen molar-refractivity contribution in [3.05, 3.63) is 41.2 Å². The summed E-state index contributed by atoms with van der Waals surface area (Å²) in [7, 11) is 0. The number of thioether (sulfide) groups is 1. The number of aromatic nitrogens is 3. The molecule has 4 nitrogen and oxygen atoms in total. The fraction of sp³-hybridized carbons (Fsp3) is 0.200. The van der Waals surface area contributed by atoms with Gasteiger partial charge in [0.2, 0.25) is 0 Å². The average molecular weight is 255 g/mol. The highest BCUT2D eigenvalue weighted by molar-refractivity contribution is 7.99. The zero-order valence-electron chi connectivity index (χ0n) is 8.43. The van der Waals surface area contributed by atoms with Crippen LogP contribution in [0.4, 0.5) is 0 Å². The lowest BCUT2D eigenvalue weighted by atomic mass is 10.1. The Balaban J connectivity index is 2.13. The summed E-state index contributed by atoms with van der Waals surface area (Å²) in [5.41, 5.74) is 6.88. The van der Waals surface area contributed by atoms with Gasteiger partial charge in [0.15, 0.2) is 5.16 Å². The fourth-order valence-electron chi connectivity index (χ4n) is 1.32. The van der Waals surface area contributed by atoms with Crippen LogP contribution in [0.1, 0.15) is 10.8 Å². The van der Waals surface area contributed by atoms with Crippen molar-refractivity contribution in [1.82, 2.24) is 15.2 Å². The summed E-state index contributed by atoms with van der Waals surface area (Å²) < 4.78 is 0. The zero-order chi connectivity index (χ0) is 11.4. The first-order valence-electron chi connectivity index (χ1n) is 4.77. The lowest BCUT2D eigenvalue weighted by Gasteiger charge is -2.12. The first kappa shape index (κ1) is 11.4. The van der Waals surface area contributed by atoms with Crippen LogP contribution in [0.3, 0.4) is 0 Å². The Morgan fingerprint density at radius 3 is 2.69 bits per heavy atom. The predicted octanol–water partition coefficient (Wildman–Crippen LogP) is 2.25. The molecule has 2 rings (SSSR count). The molecule has 0 aliphatic heterocycles. The van der Waals surface area contributed by atoms with Gasteiger partial charge in [-0.2, -0.15) is 5.10 Å². The maximum absolute atomic E-state index is 5.84. The molecule has 0 saturated heterocycles. The van der Waals surface area contributed by atoms with E-state index in [1.165, 1.54) is 6.33 Å². The smallest absolute Gasteiger partial charge is 0.184 e. The number of H-pyrrole nitrogens is 1. The van der Waals surface area contributed by atoms with E-state index < -0.39 is 0 Å². The number of nitrogens with zero attached hydrogens (tertiary/aromatic N) is 2. The standard InChI is InChI=1S/C10H11ClN4S/c11-8-3-1-7(2-4-8)9(5-12)16-10-13-6-14-15-10/h1-4,6,9H,5,12H2,(H,13,14,15). The summed E-state index contributed by atoms with van der Waals surface area (Å²) in [5, 5.41) is 8.25. The first-order valence-corrected chi connectivity index (χ1v) is 6.03. The molecule has 1 atom stereocenters. The third-order valence-corrected chi connectivity index (χ3v) is 3.52. The maximum Gasteiger partial charge on any atom is 0.184 e. The topological polar surface area (TPSA) is 67.6 Å². The van der Waals surface area contributed by atoms with Crippen LogP contribution in [-0.4, -0.2) is 21.7 Å². The summed E-state index contributed by atoms with van der Waals surface area (Å²) in [4.78, 5) is 4.06. The molecule has 0 saturated carbocycles. The van der Waals surface area contributed by atoms with E-state index in [1.807, 2.05) is 24.3 Å². The lowest BCUT2D eigenvalue weighted by Crippen LogP contribution is -2.09. The quantitative estimate of drug-likeness (QED) is 0.822. The monoisotopic (exact) mass is 254 g/mol. The summed E-state index contributed by atoms with van der Waals surface area (Å²) in [6, 6.07) is 7.67. The molecule has 1 unspecified atom stereocenters. The van der Waals surface area contributed by atoms with Gasteiger partial charge in [-0.25, -0.2) is 4.98 Å². The van der Waals surface area contributed by atoms with Gasteiger partial charge in [-0.15, -0.1) is 0 Å². The SMILES string of the molecule is NCC(Sc1ncn[nH]1)c1ccc(Cl)cc1. The highest BCUT2D eigenvalue weighted by Gasteiger charge is 2.12. The number of halogens is 1. The molecule has 0 radical (unpaired) electrons. The van der Waals surface area contributed by atoms with Crippen LogP contribution in [0.25, 0.3) is 0 Å². The van der Waals surface area contributed by atoms with Crippen LogP contribution < -0.4 is 5.73 Å². The molecule has 0 aliphatic rings. The second kappa shape index (κ2) is 5.34. The van der Waals surface area contributed by atoms with Gasteiger partial charge in [0.1, 0.15) is 6.33 Å². The molecule has 84 valence electrons. The minimum Gasteiger partial charge on any atom is -0.329 e. The van der Waals surface area contributed by atoms with Crippen LogP contribution >= 0.6 is 23.4 Å². The van der Waals surface area contributed by atoms with Crippen molar-refractivity contribution in [3.8, 4) is 0 Å². The van der Waals surface area contributed by atoms with Gasteiger partial charge in [0.05, 0.1) is 0 Å². The predicted molar refractivity (Wildman–Crippen MR) is 65.5 cm³/mol. The van der Waals surface area contributed by atoms with Crippen LogP contribution in [-0.2, 0) is 0 Å². The van der Waals surface area contributed by atoms with Crippen LogP contribution in [0.15, 0.2) is 35.7 Å². The number of nitrogens with one attached hydrogen (secondary N) is 1. The van der Waals surface area contributed by atoms with E-state index in [9.17, 15) is 0 Å². The molecule has 1 heterocycles. The number of aromatic amines is 1. The first-order chi connectivity index (χ1) is 7.79. The van der Waals surface area contributed by atoms with Gasteiger partial charge in [0.25, 0.3) is 0 Å². The molecule has 0 bridgehead atoms. The molecule has 2 aromatic rings. The minimum atomic E-state index is 0.158. The third-order valence-electron chi connectivity index (χ3n) is 2.10. The Bertz CT molecular complexity index is 429. The lowest BCUT2D eigenvalue weighted by molar-refractivity contribution is 0.914. The Labute approximate surface area is 103 Å². The van der Waals surface area contributed by atoms with Gasteiger partial charge in [-0.3, -0.25) is 5.10 Å². The highest BCUT2D eigenvalue weighted by Crippen LogP contribution is 2.32. The number of nitrogens with two attached hydrogens (primary N) is 1. The van der Waals surface area contributed by atoms with Gasteiger partial charge in [0, 0.05) is 16.8 Å². The Kier molecular flexibility index (Phi) is 3.82. The minimum absolute atomic E-state index is 0.158. The Morgan fingerprint density at radius 1 is 1.38 bits per heavy atom. The third kappa shape index (κ3) is 2.75. The molecule has 0 aliphatic carbocycles. The molecular formula is C10H11ClN4S. The summed E-state index contributed by atoms with van der Waals surface area (Å²) >= 11 is 7.39. The summed E-state index contributed by atoms with van der Waals surface area (Å²) in [5.74, 6) is 0. The zero-order valence-corrected chi connectivity index (χ0v) is 10.0. The van der Waals surface area contributed by atoms with E-state index in [2.05, 4.69) is 15.2 Å². The molecular weight excluding hydrogens is 244 g/mol. The average Bonchev–Trinajstić information content (AvgIpc) is 2.80. The van der Waals surface area contributed by atoms with Gasteiger partial charge < -0.3 is 5.73 Å². The molecule has 0 fully saturated rings. The molecule has 6 heteroatoms. The van der Waals surface area contributed by atoms with Gasteiger partial charge in [-0.05, 0) is 17.7 Å². The van der Waals surface area contributed by atoms with Gasteiger partial charge >= 0.3 is 0 Å². The van der Waals surface area contributed by atoms with E-state index in [4.69, 9.17) is 17.3 Å². The number of benzene rings is 1. The van der Waals surface area contributed by atoms with Crippen molar-refractivity contribution in [2.24, 2.45) is 5.73 Å². The molecule has 3 N–H and O–H groups in total. The number of hydrogen-bond acceptors (Lipinski definition) is 4. The number of hydrogen-bond donors (Lipinski definition) is 2. The van der Waals surface area contributed by atoms with Gasteiger partial charge in [-0.1, -0.05) is 35.5 Å². The van der Waals surface area contributed by atoms with E-state index in [0.717, 1.165) is 15.7 Å². The van der Waals surface area contributed by atoms with Crippen molar-refractivity contribution in [3.63, 3.8) is 0 Å². The molecule has 1 aromatic carbocycles. The van der Waals surface area contributed by atoms with Crippen molar-refractivity contribution in [2.75, 3.05) is 6.54 Å². The van der Waals surface area contributed by atoms with Crippen molar-refractivity contribution in [2.45, 2.75) is 10.4 Å². The van der Waals surface area contributed by atoms with Crippen LogP contribution in [0, 0.1) is 0 Å². The molecule has 0 amide bonds. The maximum atomic E-state index is 5.84. The van der Waals surface area contributed by atoms with Crippen LogP contribution in [0.5, 0.6) is 0 Å². The fourth-order valence-corrected chi connectivity index (χ4v) is 2.31. The summed E-state index contributed by atoms with van der Waals surface area (Å²) in [6.07, 6.45) is 1.48. The second-order valence-electron chi connectivity index (χ2n) is 3.18. The van der Waals surface area contributed by atoms with E-state index in [0.29, 0.717) is 6.54 Å².